The van der Waals surface area contributed by atoms with Crippen molar-refractivity contribution in [3.8, 4) is 11.1 Å². The number of halogens is 1. The van der Waals surface area contributed by atoms with Gasteiger partial charge < -0.3 is 10.1 Å². The third-order valence-corrected chi connectivity index (χ3v) is 5.03. The number of carbonyl (C=O) groups is 2. The van der Waals surface area contributed by atoms with E-state index < -0.39 is 12.0 Å². The fraction of sp³-hybridized carbons (Fsp3) is 0.125. The van der Waals surface area contributed by atoms with Gasteiger partial charge >= 0.3 is 6.09 Å². The summed E-state index contributed by atoms with van der Waals surface area (Å²) in [6.07, 6.45) is 4.52. The summed E-state index contributed by atoms with van der Waals surface area (Å²) in [6.45, 7) is 0.471. The van der Waals surface area contributed by atoms with E-state index in [-0.39, 0.29) is 24.6 Å². The highest BCUT2D eigenvalue weighted by Gasteiger charge is 2.28. The van der Waals surface area contributed by atoms with E-state index in [0.717, 1.165) is 11.1 Å². The zero-order chi connectivity index (χ0) is 20.9. The van der Waals surface area contributed by atoms with Crippen LogP contribution >= 0.6 is 0 Å². The molecule has 30 heavy (non-hydrogen) atoms. The van der Waals surface area contributed by atoms with Gasteiger partial charge in [-0.3, -0.25) is 4.79 Å². The number of carbonyl (C=O) groups excluding carboxylic acids is 2. The first kappa shape index (κ1) is 19.5. The molecule has 6 heteroatoms. The molecule has 3 aromatic rings. The maximum Gasteiger partial charge on any atom is 0.407 e. The average Bonchev–Trinajstić information content (AvgIpc) is 3.10. The van der Waals surface area contributed by atoms with Gasteiger partial charge in [-0.2, -0.15) is 4.39 Å². The summed E-state index contributed by atoms with van der Waals surface area (Å²) < 4.78 is 18.7. The second-order valence-electron chi connectivity index (χ2n) is 6.88. The van der Waals surface area contributed by atoms with Gasteiger partial charge in [-0.25, -0.2) is 9.78 Å². The van der Waals surface area contributed by atoms with E-state index in [1.807, 2.05) is 24.3 Å². The molecule has 1 N–H and O–H groups in total. The number of nitrogens with zero attached hydrogens (tertiary/aromatic N) is 1. The Labute approximate surface area is 173 Å². The van der Waals surface area contributed by atoms with Gasteiger partial charge in [0.15, 0.2) is 6.29 Å². The van der Waals surface area contributed by atoms with E-state index in [4.69, 9.17) is 4.74 Å². The van der Waals surface area contributed by atoms with Gasteiger partial charge in [-0.1, -0.05) is 60.7 Å². The van der Waals surface area contributed by atoms with Gasteiger partial charge in [0, 0.05) is 18.7 Å². The van der Waals surface area contributed by atoms with E-state index in [1.54, 1.807) is 12.2 Å². The van der Waals surface area contributed by atoms with Crippen LogP contribution in [0.15, 0.2) is 66.9 Å². The molecule has 1 heterocycles. The number of aromatic nitrogens is 1. The molecule has 0 aliphatic heterocycles. The Morgan fingerprint density at radius 1 is 1.10 bits per heavy atom. The van der Waals surface area contributed by atoms with Gasteiger partial charge in [-0.15, -0.1) is 0 Å². The molecule has 0 saturated carbocycles. The Morgan fingerprint density at radius 2 is 1.77 bits per heavy atom. The summed E-state index contributed by atoms with van der Waals surface area (Å²) in [6, 6.07) is 17.7. The van der Waals surface area contributed by atoms with Crippen molar-refractivity contribution in [1.29, 1.82) is 0 Å². The fourth-order valence-corrected chi connectivity index (χ4v) is 3.64. The number of nitrogens with one attached hydrogen (secondary N) is 1. The van der Waals surface area contributed by atoms with Gasteiger partial charge in [0.1, 0.15) is 6.61 Å². The molecule has 1 aliphatic rings. The van der Waals surface area contributed by atoms with E-state index in [1.165, 1.54) is 23.4 Å². The number of pyridine rings is 1. The molecule has 1 amide bonds. The molecule has 150 valence electrons. The average molecular weight is 402 g/mol. The highest BCUT2D eigenvalue weighted by atomic mass is 19.1. The first-order chi connectivity index (χ1) is 14.7. The zero-order valence-electron chi connectivity index (χ0n) is 16.0. The van der Waals surface area contributed by atoms with Crippen molar-refractivity contribution < 1.29 is 18.7 Å². The predicted molar refractivity (Wildman–Crippen MR) is 112 cm³/mol. The summed E-state index contributed by atoms with van der Waals surface area (Å²) in [4.78, 5) is 26.4. The predicted octanol–water partition coefficient (Wildman–Crippen LogP) is 4.59. The fourth-order valence-electron chi connectivity index (χ4n) is 3.64. The zero-order valence-corrected chi connectivity index (χ0v) is 16.0. The minimum absolute atomic E-state index is 0.00532. The van der Waals surface area contributed by atoms with E-state index in [0.29, 0.717) is 11.8 Å². The largest absolute Gasteiger partial charge is 0.449 e. The monoisotopic (exact) mass is 402 g/mol. The summed E-state index contributed by atoms with van der Waals surface area (Å²) >= 11 is 0. The summed E-state index contributed by atoms with van der Waals surface area (Å²) in [5.74, 6) is -0.801. The van der Waals surface area contributed by atoms with Crippen molar-refractivity contribution in [2.24, 2.45) is 0 Å². The number of benzene rings is 2. The lowest BCUT2D eigenvalue weighted by Crippen LogP contribution is -2.26. The van der Waals surface area contributed by atoms with Crippen LogP contribution in [0.25, 0.3) is 17.2 Å². The van der Waals surface area contributed by atoms with Crippen LogP contribution in [0.4, 0.5) is 9.18 Å². The SMILES string of the molecule is O=Cc1cc(C=CCNC(=O)OCC2c3ccccc3-c3ccccc32)cnc1F. The Balaban J connectivity index is 1.33. The number of aldehydes is 1. The first-order valence-electron chi connectivity index (χ1n) is 9.53. The molecule has 0 radical (unpaired) electrons. The number of fused-ring (bicyclic) bond motifs is 3. The molecule has 1 aromatic heterocycles. The van der Waals surface area contributed by atoms with Crippen molar-refractivity contribution in [3.05, 3.63) is 95.1 Å². The summed E-state index contributed by atoms with van der Waals surface area (Å²) in [5, 5.41) is 2.65. The van der Waals surface area contributed by atoms with Crippen molar-refractivity contribution in [3.63, 3.8) is 0 Å². The van der Waals surface area contributed by atoms with Gasteiger partial charge in [0.05, 0.1) is 5.56 Å². The van der Waals surface area contributed by atoms with Gasteiger partial charge in [0.25, 0.3) is 0 Å². The normalized spacial score (nSPS) is 12.4. The number of ether oxygens (including phenoxy) is 1. The molecular formula is C24H19FN2O3. The van der Waals surface area contributed by atoms with Crippen LogP contribution < -0.4 is 5.32 Å². The maximum atomic E-state index is 13.2. The first-order valence-corrected chi connectivity index (χ1v) is 9.53. The quantitative estimate of drug-likeness (QED) is 0.484. The summed E-state index contributed by atoms with van der Waals surface area (Å²) in [5.41, 5.74) is 5.11. The standard InChI is InChI=1S/C24H19FN2O3/c25-23-17(14-28)12-16(13-27-23)6-5-11-26-24(29)30-15-22-20-9-3-1-7-18(20)19-8-2-4-10-21(19)22/h1-10,12-14,22H,11,15H2,(H,26,29). The lowest BCUT2D eigenvalue weighted by Gasteiger charge is -2.14. The highest BCUT2D eigenvalue weighted by Crippen LogP contribution is 2.44. The molecule has 0 atom stereocenters. The minimum Gasteiger partial charge on any atom is -0.449 e. The van der Waals surface area contributed by atoms with Crippen LogP contribution in [0.5, 0.6) is 0 Å². The second kappa shape index (κ2) is 8.69. The van der Waals surface area contributed by atoms with Crippen molar-refractivity contribution in [2.75, 3.05) is 13.2 Å². The molecule has 5 nitrogen and oxygen atoms in total. The van der Waals surface area contributed by atoms with Gasteiger partial charge in [-0.05, 0) is 33.9 Å². The number of hydrogen-bond donors (Lipinski definition) is 1. The van der Waals surface area contributed by atoms with Crippen molar-refractivity contribution in [1.82, 2.24) is 10.3 Å². The molecule has 0 saturated heterocycles. The van der Waals surface area contributed by atoms with Crippen molar-refractivity contribution >= 4 is 18.5 Å². The Bertz CT molecular complexity index is 1080. The maximum absolute atomic E-state index is 13.2. The minimum atomic E-state index is -0.807. The molecule has 0 spiro atoms. The third-order valence-electron chi connectivity index (χ3n) is 5.03. The van der Waals surface area contributed by atoms with E-state index in [2.05, 4.69) is 34.6 Å². The van der Waals surface area contributed by atoms with Crippen LogP contribution in [-0.4, -0.2) is 30.5 Å². The Hall–Kier alpha value is -3.80. The van der Waals surface area contributed by atoms with Crippen LogP contribution in [-0.2, 0) is 4.74 Å². The molecule has 0 bridgehead atoms. The smallest absolute Gasteiger partial charge is 0.407 e. The number of alkyl carbamates (subject to hydrolysis) is 1. The lowest BCUT2D eigenvalue weighted by atomic mass is 9.98. The topological polar surface area (TPSA) is 68.3 Å². The van der Waals surface area contributed by atoms with E-state index in [9.17, 15) is 14.0 Å². The van der Waals surface area contributed by atoms with Crippen LogP contribution in [0.3, 0.4) is 0 Å². The van der Waals surface area contributed by atoms with Crippen LogP contribution in [0.2, 0.25) is 0 Å². The number of hydrogen-bond acceptors (Lipinski definition) is 4. The molecule has 0 unspecified atom stereocenters. The van der Waals surface area contributed by atoms with Gasteiger partial charge in [0.2, 0.25) is 5.95 Å². The van der Waals surface area contributed by atoms with E-state index >= 15 is 0 Å². The Kier molecular flexibility index (Phi) is 5.66. The Morgan fingerprint density at radius 3 is 2.43 bits per heavy atom. The molecule has 2 aromatic carbocycles. The molecule has 0 fully saturated rings. The van der Waals surface area contributed by atoms with Crippen LogP contribution in [0, 0.1) is 5.95 Å². The lowest BCUT2D eigenvalue weighted by molar-refractivity contribution is 0.111. The number of amides is 1. The molecular weight excluding hydrogens is 383 g/mol. The third kappa shape index (κ3) is 3.98. The van der Waals surface area contributed by atoms with Crippen LogP contribution in [0.1, 0.15) is 33.0 Å². The number of rotatable bonds is 6. The highest BCUT2D eigenvalue weighted by molar-refractivity contribution is 5.79. The molecule has 1 aliphatic carbocycles. The second-order valence-corrected chi connectivity index (χ2v) is 6.88. The summed E-state index contributed by atoms with van der Waals surface area (Å²) in [7, 11) is 0. The molecule has 4 rings (SSSR count). The van der Waals surface area contributed by atoms with Crippen molar-refractivity contribution in [2.45, 2.75) is 5.92 Å².